The highest BCUT2D eigenvalue weighted by atomic mass is 16.5. The van der Waals surface area contributed by atoms with E-state index < -0.39 is 11.5 Å². The number of likely N-dealkylation sites (tertiary alicyclic amines) is 2. The van der Waals surface area contributed by atoms with Gasteiger partial charge in [-0.15, -0.1) is 10.2 Å². The van der Waals surface area contributed by atoms with Gasteiger partial charge in [0.05, 0.1) is 22.4 Å². The van der Waals surface area contributed by atoms with Gasteiger partial charge in [-0.2, -0.15) is 9.78 Å². The van der Waals surface area contributed by atoms with Crippen LogP contribution in [0, 0.1) is 5.41 Å². The zero-order chi connectivity index (χ0) is 23.2. The first-order valence-corrected chi connectivity index (χ1v) is 11.1. The molecule has 2 fully saturated rings. The Bertz CT molecular complexity index is 1080. The van der Waals surface area contributed by atoms with Crippen molar-refractivity contribution in [1.82, 2.24) is 40.2 Å². The Labute approximate surface area is 190 Å². The monoisotopic (exact) mass is 454 g/mol. The molecule has 1 spiro atoms. The number of hydrogen-bond acceptors (Lipinski definition) is 10. The number of carbonyl (C=O) groups is 2. The van der Waals surface area contributed by atoms with Crippen LogP contribution in [0.15, 0.2) is 29.7 Å². The Balaban J connectivity index is 1.20. The molecule has 33 heavy (non-hydrogen) atoms. The van der Waals surface area contributed by atoms with E-state index in [2.05, 4.69) is 30.6 Å². The lowest BCUT2D eigenvalue weighted by Crippen LogP contribution is -2.45. The molecule has 0 aliphatic carbocycles. The van der Waals surface area contributed by atoms with E-state index in [0.717, 1.165) is 6.42 Å². The Kier molecular flexibility index (Phi) is 5.41. The number of tetrazole rings is 1. The summed E-state index contributed by atoms with van der Waals surface area (Å²) in [6.45, 7) is 5.73. The lowest BCUT2D eigenvalue weighted by molar-refractivity contribution is -0.139. The molecule has 1 unspecified atom stereocenters. The van der Waals surface area contributed by atoms with E-state index in [1.807, 2.05) is 6.92 Å². The average Bonchev–Trinajstić information content (AvgIpc) is 3.52. The topological polar surface area (TPSA) is 139 Å². The van der Waals surface area contributed by atoms with Crippen molar-refractivity contribution < 1.29 is 19.4 Å². The highest BCUT2D eigenvalue weighted by molar-refractivity contribution is 5.94. The third kappa shape index (κ3) is 3.78. The van der Waals surface area contributed by atoms with Crippen molar-refractivity contribution in [3.8, 4) is 5.82 Å². The molecule has 5 heterocycles. The summed E-state index contributed by atoms with van der Waals surface area (Å²) in [4.78, 5) is 29.2. The molecular formula is C21H26N8O4. The predicted octanol–water partition coefficient (Wildman–Crippen LogP) is 0.0195. The molecule has 12 heteroatoms. The fraction of sp³-hybridized carbons (Fsp3) is 0.571. The minimum Gasteiger partial charge on any atom is -0.456 e. The first-order chi connectivity index (χ1) is 15.9. The molecule has 5 rings (SSSR count). The zero-order valence-corrected chi connectivity index (χ0v) is 18.6. The highest BCUT2D eigenvalue weighted by Gasteiger charge is 2.53. The average molecular weight is 454 g/mol. The van der Waals surface area contributed by atoms with E-state index in [4.69, 9.17) is 4.74 Å². The van der Waals surface area contributed by atoms with Gasteiger partial charge in [0.1, 0.15) is 19.0 Å². The molecule has 3 aliphatic rings. The van der Waals surface area contributed by atoms with E-state index in [1.165, 1.54) is 11.0 Å². The molecule has 2 aromatic rings. The smallest absolute Gasteiger partial charge is 0.336 e. The van der Waals surface area contributed by atoms with Crippen molar-refractivity contribution in [3.05, 3.63) is 35.4 Å². The van der Waals surface area contributed by atoms with Crippen LogP contribution in [-0.4, -0.2) is 89.5 Å². The number of piperidine rings is 1. The van der Waals surface area contributed by atoms with Crippen LogP contribution in [0.4, 0.5) is 0 Å². The standard InChI is InChI=1S/C21H26N8O4/c1-13-9-21(20(32)29(13)16-11-33-19(31)14(16)2)5-7-27(8-6-21)10-17(30)15-3-4-18(24-23-15)28-12-22-25-26-28/h3-4,12-13,17,30H,5-11H2,1-2H3/t13?,17-/m1/s1. The molecule has 0 saturated carbocycles. The second-order valence-corrected chi connectivity index (χ2v) is 9.04. The summed E-state index contributed by atoms with van der Waals surface area (Å²) >= 11 is 0. The Morgan fingerprint density at radius 2 is 2.03 bits per heavy atom. The normalized spacial score (nSPS) is 24.1. The number of β-amino-alcohol motifs (C(OH)–C–C–N with tert-alkyl or cyclic N) is 1. The highest BCUT2D eigenvalue weighted by Crippen LogP contribution is 2.46. The molecule has 0 radical (unpaired) electrons. The molecule has 12 nitrogen and oxygen atoms in total. The molecule has 0 bridgehead atoms. The fourth-order valence-corrected chi connectivity index (χ4v) is 5.13. The Morgan fingerprint density at radius 3 is 2.64 bits per heavy atom. The van der Waals surface area contributed by atoms with Crippen molar-refractivity contribution in [2.24, 2.45) is 5.41 Å². The largest absolute Gasteiger partial charge is 0.456 e. The number of cyclic esters (lactones) is 1. The second-order valence-electron chi connectivity index (χ2n) is 9.04. The minimum atomic E-state index is -0.793. The first-order valence-electron chi connectivity index (χ1n) is 11.1. The maximum Gasteiger partial charge on any atom is 0.336 e. The summed E-state index contributed by atoms with van der Waals surface area (Å²) in [7, 11) is 0. The van der Waals surface area contributed by atoms with Gasteiger partial charge in [0, 0.05) is 12.6 Å². The number of ether oxygens (including phenoxy) is 1. The minimum absolute atomic E-state index is 0.0306. The molecule has 2 saturated heterocycles. The van der Waals surface area contributed by atoms with Crippen molar-refractivity contribution in [2.75, 3.05) is 26.2 Å². The van der Waals surface area contributed by atoms with Gasteiger partial charge in [-0.1, -0.05) is 0 Å². The van der Waals surface area contributed by atoms with Crippen molar-refractivity contribution in [2.45, 2.75) is 45.3 Å². The summed E-state index contributed by atoms with van der Waals surface area (Å²) < 4.78 is 6.52. The summed E-state index contributed by atoms with van der Waals surface area (Å²) in [5.74, 6) is 0.213. The number of hydrogen-bond donors (Lipinski definition) is 1. The van der Waals surface area contributed by atoms with Crippen LogP contribution < -0.4 is 0 Å². The van der Waals surface area contributed by atoms with Crippen LogP contribution >= 0.6 is 0 Å². The number of amides is 1. The molecule has 174 valence electrons. The number of aliphatic hydroxyl groups is 1. The van der Waals surface area contributed by atoms with Crippen LogP contribution in [0.5, 0.6) is 0 Å². The van der Waals surface area contributed by atoms with Crippen molar-refractivity contribution >= 4 is 11.9 Å². The maximum absolute atomic E-state index is 13.4. The molecule has 1 N–H and O–H groups in total. The van der Waals surface area contributed by atoms with E-state index >= 15 is 0 Å². The number of aromatic nitrogens is 6. The van der Waals surface area contributed by atoms with Crippen molar-refractivity contribution in [3.63, 3.8) is 0 Å². The number of carbonyl (C=O) groups excluding carboxylic acids is 2. The van der Waals surface area contributed by atoms with Crippen LogP contribution in [0.1, 0.15) is 44.9 Å². The molecule has 0 aromatic carbocycles. The van der Waals surface area contributed by atoms with Crippen molar-refractivity contribution in [1.29, 1.82) is 0 Å². The van der Waals surface area contributed by atoms with Crippen LogP contribution in [0.25, 0.3) is 5.82 Å². The Morgan fingerprint density at radius 1 is 1.24 bits per heavy atom. The van der Waals surface area contributed by atoms with E-state index in [9.17, 15) is 14.7 Å². The summed E-state index contributed by atoms with van der Waals surface area (Å²) in [6.07, 6.45) is 2.82. The third-order valence-corrected chi connectivity index (χ3v) is 7.01. The van der Waals surface area contributed by atoms with E-state index in [0.29, 0.717) is 55.3 Å². The molecule has 2 atom stereocenters. The van der Waals surface area contributed by atoms with Gasteiger partial charge >= 0.3 is 5.97 Å². The van der Waals surface area contributed by atoms with Gasteiger partial charge in [-0.3, -0.25) is 4.79 Å². The van der Waals surface area contributed by atoms with Gasteiger partial charge in [-0.25, -0.2) is 4.79 Å². The number of rotatable bonds is 5. The lowest BCUT2D eigenvalue weighted by Gasteiger charge is -2.38. The van der Waals surface area contributed by atoms with Gasteiger partial charge in [0.25, 0.3) is 0 Å². The van der Waals surface area contributed by atoms with E-state index in [-0.39, 0.29) is 24.5 Å². The first kappa shape index (κ1) is 21.6. The third-order valence-electron chi connectivity index (χ3n) is 7.01. The van der Waals surface area contributed by atoms with Crippen LogP contribution in [0.2, 0.25) is 0 Å². The predicted molar refractivity (Wildman–Crippen MR) is 112 cm³/mol. The van der Waals surface area contributed by atoms with Gasteiger partial charge in [-0.05, 0) is 68.8 Å². The van der Waals surface area contributed by atoms with Gasteiger partial charge in [0.2, 0.25) is 5.91 Å². The lowest BCUT2D eigenvalue weighted by atomic mass is 9.76. The Hall–Kier alpha value is -3.25. The number of aliphatic hydroxyl groups excluding tert-OH is 1. The van der Waals surface area contributed by atoms with Gasteiger partial charge in [0.15, 0.2) is 5.82 Å². The molecule has 2 aromatic heterocycles. The van der Waals surface area contributed by atoms with E-state index in [1.54, 1.807) is 24.0 Å². The maximum atomic E-state index is 13.4. The molecule has 1 amide bonds. The SMILES string of the molecule is CC1=C(N2C(=O)C3(CCN(C[C@@H](O)c4ccc(-n5cnnn5)nn4)CC3)CC2C)COC1=O. The second kappa shape index (κ2) is 8.27. The summed E-state index contributed by atoms with van der Waals surface area (Å²) in [5, 5.41) is 29.7. The summed E-state index contributed by atoms with van der Waals surface area (Å²) in [6, 6.07) is 3.44. The van der Waals surface area contributed by atoms with Gasteiger partial charge < -0.3 is 19.6 Å². The summed E-state index contributed by atoms with van der Waals surface area (Å²) in [5.41, 5.74) is 1.28. The fourth-order valence-electron chi connectivity index (χ4n) is 5.13. The van der Waals surface area contributed by atoms with Crippen LogP contribution in [-0.2, 0) is 14.3 Å². The number of nitrogens with zero attached hydrogens (tertiary/aromatic N) is 8. The molecular weight excluding hydrogens is 428 g/mol. The van der Waals surface area contributed by atoms with Crippen LogP contribution in [0.3, 0.4) is 0 Å². The molecule has 3 aliphatic heterocycles. The number of esters is 1. The quantitative estimate of drug-likeness (QED) is 0.615. The zero-order valence-electron chi connectivity index (χ0n) is 18.6.